The molecule has 0 unspecified atom stereocenters. The molecule has 0 radical (unpaired) electrons. The summed E-state index contributed by atoms with van der Waals surface area (Å²) in [6.07, 6.45) is 0. The highest BCUT2D eigenvalue weighted by Gasteiger charge is 2.17. The van der Waals surface area contributed by atoms with Gasteiger partial charge in [-0.15, -0.1) is 0 Å². The van der Waals surface area contributed by atoms with Gasteiger partial charge in [0.2, 0.25) is 0 Å². The predicted molar refractivity (Wildman–Crippen MR) is 84.4 cm³/mol. The molecule has 5 heteroatoms. The number of nitrogens with one attached hydrogen (secondary N) is 3. The van der Waals surface area contributed by atoms with Crippen molar-refractivity contribution in [2.75, 3.05) is 36.1 Å². The molecule has 1 aliphatic rings. The third-order valence-corrected chi connectivity index (χ3v) is 3.40. The first-order valence-electron chi connectivity index (χ1n) is 6.84. The molecule has 3 N–H and O–H groups in total. The molecule has 0 atom stereocenters. The van der Waals surface area contributed by atoms with Gasteiger partial charge < -0.3 is 20.7 Å². The molecule has 1 amide bonds. The summed E-state index contributed by atoms with van der Waals surface area (Å²) < 4.78 is 5.10. The molecule has 2 aromatic carbocycles. The molecule has 1 heterocycles. The summed E-state index contributed by atoms with van der Waals surface area (Å²) in [5, 5.41) is 9.45. The van der Waals surface area contributed by atoms with Gasteiger partial charge in [-0.05, 0) is 36.4 Å². The number of benzene rings is 2. The van der Waals surface area contributed by atoms with E-state index >= 15 is 0 Å². The lowest BCUT2D eigenvalue weighted by Gasteiger charge is -2.22. The predicted octanol–water partition coefficient (Wildman–Crippen LogP) is 2.78. The van der Waals surface area contributed by atoms with Crippen LogP contribution in [0.25, 0.3) is 0 Å². The molecule has 0 saturated heterocycles. The maximum absolute atomic E-state index is 12.4. The molecule has 0 spiro atoms. The smallest absolute Gasteiger partial charge is 0.257 e. The second-order valence-corrected chi connectivity index (χ2v) is 4.76. The zero-order valence-corrected chi connectivity index (χ0v) is 11.8. The quantitative estimate of drug-likeness (QED) is 0.810. The van der Waals surface area contributed by atoms with Crippen molar-refractivity contribution in [2.24, 2.45) is 0 Å². The van der Waals surface area contributed by atoms with Crippen molar-refractivity contribution in [2.45, 2.75) is 0 Å². The molecule has 0 aliphatic carbocycles. The van der Waals surface area contributed by atoms with E-state index in [1.54, 1.807) is 7.11 Å². The summed E-state index contributed by atoms with van der Waals surface area (Å²) in [6, 6.07) is 12.9. The molecule has 0 bridgehead atoms. The van der Waals surface area contributed by atoms with Crippen LogP contribution in [0.3, 0.4) is 0 Å². The first-order valence-corrected chi connectivity index (χ1v) is 6.84. The Hall–Kier alpha value is -2.69. The van der Waals surface area contributed by atoms with Crippen molar-refractivity contribution >= 4 is 23.0 Å². The number of hydrogen-bond acceptors (Lipinski definition) is 4. The van der Waals surface area contributed by atoms with Crippen LogP contribution >= 0.6 is 0 Å². The second-order valence-electron chi connectivity index (χ2n) is 4.76. The van der Waals surface area contributed by atoms with Gasteiger partial charge in [0.25, 0.3) is 5.91 Å². The zero-order chi connectivity index (χ0) is 14.7. The maximum atomic E-state index is 12.4. The van der Waals surface area contributed by atoms with E-state index in [0.717, 1.165) is 35.9 Å². The van der Waals surface area contributed by atoms with Gasteiger partial charge in [0.15, 0.2) is 0 Å². The number of hydrogen-bond donors (Lipinski definition) is 3. The number of rotatable bonds is 3. The van der Waals surface area contributed by atoms with E-state index in [-0.39, 0.29) is 5.91 Å². The Kier molecular flexibility index (Phi) is 3.64. The summed E-state index contributed by atoms with van der Waals surface area (Å²) in [7, 11) is 1.61. The number of para-hydroxylation sites is 1. The van der Waals surface area contributed by atoms with Gasteiger partial charge in [-0.1, -0.05) is 6.07 Å². The van der Waals surface area contributed by atoms with Gasteiger partial charge in [0.1, 0.15) is 5.75 Å². The number of ether oxygens (including phenoxy) is 1. The van der Waals surface area contributed by atoms with E-state index in [4.69, 9.17) is 4.74 Å². The normalized spacial score (nSPS) is 12.6. The van der Waals surface area contributed by atoms with Crippen LogP contribution in [0, 0.1) is 0 Å². The fourth-order valence-electron chi connectivity index (χ4n) is 2.34. The Morgan fingerprint density at radius 2 is 1.86 bits per heavy atom. The molecule has 5 nitrogen and oxygen atoms in total. The number of anilines is 3. The fourth-order valence-corrected chi connectivity index (χ4v) is 2.34. The van der Waals surface area contributed by atoms with Crippen LogP contribution in [0.1, 0.15) is 10.4 Å². The molecule has 0 aromatic heterocycles. The molecule has 108 valence electrons. The second kappa shape index (κ2) is 5.75. The Morgan fingerprint density at radius 3 is 2.62 bits per heavy atom. The van der Waals surface area contributed by atoms with Crippen molar-refractivity contribution in [3.8, 4) is 5.75 Å². The molecule has 2 aromatic rings. The van der Waals surface area contributed by atoms with Crippen LogP contribution in [-0.2, 0) is 0 Å². The van der Waals surface area contributed by atoms with Crippen LogP contribution in [0.5, 0.6) is 5.75 Å². The lowest BCUT2D eigenvalue weighted by atomic mass is 10.1. The van der Waals surface area contributed by atoms with Gasteiger partial charge in [-0.2, -0.15) is 0 Å². The minimum Gasteiger partial charge on any atom is -0.497 e. The van der Waals surface area contributed by atoms with Gasteiger partial charge in [-0.25, -0.2) is 0 Å². The number of methoxy groups -OCH3 is 1. The van der Waals surface area contributed by atoms with E-state index in [1.165, 1.54) is 0 Å². The zero-order valence-electron chi connectivity index (χ0n) is 11.8. The summed E-state index contributed by atoms with van der Waals surface area (Å²) in [5.41, 5.74) is 3.19. The molecule has 1 aliphatic heterocycles. The summed E-state index contributed by atoms with van der Waals surface area (Å²) in [6.45, 7) is 1.66. The maximum Gasteiger partial charge on any atom is 0.257 e. The van der Waals surface area contributed by atoms with Crippen LogP contribution in [0.2, 0.25) is 0 Å². The first-order chi connectivity index (χ1) is 10.3. The van der Waals surface area contributed by atoms with Gasteiger partial charge >= 0.3 is 0 Å². The third kappa shape index (κ3) is 2.76. The van der Waals surface area contributed by atoms with Crippen molar-refractivity contribution in [1.29, 1.82) is 0 Å². The van der Waals surface area contributed by atoms with E-state index in [9.17, 15) is 4.79 Å². The Labute approximate surface area is 123 Å². The summed E-state index contributed by atoms with van der Waals surface area (Å²) >= 11 is 0. The van der Waals surface area contributed by atoms with Crippen molar-refractivity contribution < 1.29 is 9.53 Å². The lowest BCUT2D eigenvalue weighted by Crippen LogP contribution is -2.24. The van der Waals surface area contributed by atoms with Gasteiger partial charge in [0.05, 0.1) is 24.0 Å². The van der Waals surface area contributed by atoms with Crippen molar-refractivity contribution in [3.63, 3.8) is 0 Å². The minimum absolute atomic E-state index is 0.131. The van der Waals surface area contributed by atoms with Crippen LogP contribution in [-0.4, -0.2) is 26.1 Å². The third-order valence-electron chi connectivity index (χ3n) is 3.40. The lowest BCUT2D eigenvalue weighted by molar-refractivity contribution is 0.102. The molecule has 3 rings (SSSR count). The highest BCUT2D eigenvalue weighted by molar-refractivity contribution is 6.10. The Bertz CT molecular complexity index is 653. The van der Waals surface area contributed by atoms with Crippen LogP contribution in [0.4, 0.5) is 17.1 Å². The topological polar surface area (TPSA) is 62.4 Å². The largest absolute Gasteiger partial charge is 0.497 e. The van der Waals surface area contributed by atoms with Gasteiger partial charge in [0, 0.05) is 18.8 Å². The molecular weight excluding hydrogens is 266 g/mol. The molecule has 0 fully saturated rings. The van der Waals surface area contributed by atoms with E-state index < -0.39 is 0 Å². The van der Waals surface area contributed by atoms with Crippen molar-refractivity contribution in [3.05, 3.63) is 48.0 Å². The summed E-state index contributed by atoms with van der Waals surface area (Å²) in [5.74, 6) is 0.629. The highest BCUT2D eigenvalue weighted by Crippen LogP contribution is 2.29. The van der Waals surface area contributed by atoms with E-state index in [1.807, 2.05) is 42.5 Å². The van der Waals surface area contributed by atoms with Gasteiger partial charge in [-0.3, -0.25) is 4.79 Å². The van der Waals surface area contributed by atoms with Crippen LogP contribution in [0.15, 0.2) is 42.5 Å². The minimum atomic E-state index is -0.131. The van der Waals surface area contributed by atoms with Crippen LogP contribution < -0.4 is 20.7 Å². The first kappa shape index (κ1) is 13.3. The highest BCUT2D eigenvalue weighted by atomic mass is 16.5. The number of carbonyl (C=O) groups excluding carboxylic acids is 1. The average Bonchev–Trinajstić information content (AvgIpc) is 2.55. The number of fused-ring (bicyclic) bond motifs is 1. The molecule has 0 saturated carbocycles. The van der Waals surface area contributed by atoms with E-state index in [0.29, 0.717) is 5.56 Å². The van der Waals surface area contributed by atoms with E-state index in [2.05, 4.69) is 16.0 Å². The Balaban J connectivity index is 1.82. The summed E-state index contributed by atoms with van der Waals surface area (Å²) in [4.78, 5) is 12.4. The SMILES string of the molecule is COc1ccc(NC(=O)c2cccc3c2NCCN3)cc1. The number of amides is 1. The van der Waals surface area contributed by atoms with Crippen molar-refractivity contribution in [1.82, 2.24) is 0 Å². The standard InChI is InChI=1S/C16H17N3O2/c1-21-12-7-5-11(6-8-12)19-16(20)13-3-2-4-14-15(13)18-10-9-17-14/h2-8,17-18H,9-10H2,1H3,(H,19,20). The Morgan fingerprint density at radius 1 is 1.10 bits per heavy atom. The number of carbonyl (C=O) groups is 1. The molecular formula is C16H17N3O2. The average molecular weight is 283 g/mol. The fraction of sp³-hybridized carbons (Fsp3) is 0.188. The molecule has 21 heavy (non-hydrogen) atoms. The monoisotopic (exact) mass is 283 g/mol.